The van der Waals surface area contributed by atoms with Crippen molar-refractivity contribution >= 4 is 11.9 Å². The van der Waals surface area contributed by atoms with Crippen molar-refractivity contribution in [2.24, 2.45) is 0 Å². The van der Waals surface area contributed by atoms with Crippen molar-refractivity contribution in [1.29, 1.82) is 0 Å². The molecule has 2 N–H and O–H groups in total. The molecule has 0 aromatic heterocycles. The lowest BCUT2D eigenvalue weighted by atomic mass is 10.1. The average molecular weight is 257 g/mol. The molecular weight excluding hydrogens is 244 g/mol. The van der Waals surface area contributed by atoms with E-state index < -0.39 is 29.6 Å². The fourth-order valence-electron chi connectivity index (χ4n) is 1.41. The molecule has 1 aromatic rings. The van der Waals surface area contributed by atoms with Crippen LogP contribution in [0.5, 0.6) is 0 Å². The first-order chi connectivity index (χ1) is 8.43. The zero-order chi connectivity index (χ0) is 13.7. The molecule has 0 aliphatic carbocycles. The number of halogens is 2. The van der Waals surface area contributed by atoms with Gasteiger partial charge in [-0.2, -0.15) is 0 Å². The largest absolute Gasteiger partial charge is 0.481 e. The van der Waals surface area contributed by atoms with Gasteiger partial charge in [0.05, 0.1) is 6.42 Å². The number of hydrogen-bond acceptors (Lipinski definition) is 2. The standard InChI is InChI=1S/C12H13F2NO3/c1-2-8(6-11(16)17)15-12(18)7-3-4-9(13)10(14)5-7/h3-5,8H,2,6H2,1H3,(H,15,18)(H,16,17). The fourth-order valence-corrected chi connectivity index (χ4v) is 1.41. The maximum atomic E-state index is 12.9. The molecule has 0 fully saturated rings. The smallest absolute Gasteiger partial charge is 0.305 e. The van der Waals surface area contributed by atoms with Crippen LogP contribution in [0.3, 0.4) is 0 Å². The van der Waals surface area contributed by atoms with Crippen LogP contribution in [0, 0.1) is 11.6 Å². The number of benzene rings is 1. The van der Waals surface area contributed by atoms with Crippen LogP contribution in [0.15, 0.2) is 18.2 Å². The average Bonchev–Trinajstić information content (AvgIpc) is 2.31. The van der Waals surface area contributed by atoms with Gasteiger partial charge in [-0.1, -0.05) is 6.92 Å². The lowest BCUT2D eigenvalue weighted by molar-refractivity contribution is -0.137. The minimum absolute atomic E-state index is 0.0438. The van der Waals surface area contributed by atoms with Crippen LogP contribution in [0.4, 0.5) is 8.78 Å². The minimum Gasteiger partial charge on any atom is -0.481 e. The summed E-state index contributed by atoms with van der Waals surface area (Å²) in [6, 6.07) is 2.23. The molecule has 1 amide bonds. The molecule has 98 valence electrons. The van der Waals surface area contributed by atoms with E-state index in [-0.39, 0.29) is 12.0 Å². The highest BCUT2D eigenvalue weighted by Crippen LogP contribution is 2.09. The number of carbonyl (C=O) groups is 2. The summed E-state index contributed by atoms with van der Waals surface area (Å²) in [5.41, 5.74) is -0.0438. The Labute approximate surface area is 103 Å². The van der Waals surface area contributed by atoms with Crippen LogP contribution in [0.25, 0.3) is 0 Å². The quantitative estimate of drug-likeness (QED) is 0.847. The highest BCUT2D eigenvalue weighted by Gasteiger charge is 2.16. The van der Waals surface area contributed by atoms with E-state index in [0.29, 0.717) is 6.42 Å². The summed E-state index contributed by atoms with van der Waals surface area (Å²) < 4.78 is 25.6. The molecular formula is C12H13F2NO3. The zero-order valence-electron chi connectivity index (χ0n) is 9.74. The van der Waals surface area contributed by atoms with E-state index in [4.69, 9.17) is 5.11 Å². The second-order valence-electron chi connectivity index (χ2n) is 3.81. The second kappa shape index (κ2) is 6.09. The van der Waals surface area contributed by atoms with Crippen molar-refractivity contribution in [3.8, 4) is 0 Å². The Bertz CT molecular complexity index is 463. The van der Waals surface area contributed by atoms with Crippen LogP contribution < -0.4 is 5.32 Å². The SMILES string of the molecule is CCC(CC(=O)O)NC(=O)c1ccc(F)c(F)c1. The van der Waals surface area contributed by atoms with Gasteiger partial charge in [-0.05, 0) is 24.6 Å². The van der Waals surface area contributed by atoms with E-state index >= 15 is 0 Å². The molecule has 0 saturated carbocycles. The number of carbonyl (C=O) groups excluding carboxylic acids is 1. The maximum absolute atomic E-state index is 12.9. The predicted molar refractivity (Wildman–Crippen MR) is 60.2 cm³/mol. The van der Waals surface area contributed by atoms with Crippen molar-refractivity contribution in [2.45, 2.75) is 25.8 Å². The van der Waals surface area contributed by atoms with Crippen LogP contribution in [0.1, 0.15) is 30.1 Å². The molecule has 18 heavy (non-hydrogen) atoms. The normalized spacial score (nSPS) is 11.9. The molecule has 0 spiro atoms. The molecule has 1 aromatic carbocycles. The summed E-state index contributed by atoms with van der Waals surface area (Å²) in [7, 11) is 0. The van der Waals surface area contributed by atoms with E-state index in [0.717, 1.165) is 18.2 Å². The monoisotopic (exact) mass is 257 g/mol. The topological polar surface area (TPSA) is 66.4 Å². The summed E-state index contributed by atoms with van der Waals surface area (Å²) in [6.45, 7) is 1.72. The van der Waals surface area contributed by atoms with Crippen LogP contribution in [-0.2, 0) is 4.79 Å². The van der Waals surface area contributed by atoms with E-state index in [9.17, 15) is 18.4 Å². The highest BCUT2D eigenvalue weighted by molar-refractivity contribution is 5.94. The van der Waals surface area contributed by atoms with Gasteiger partial charge in [-0.3, -0.25) is 9.59 Å². The van der Waals surface area contributed by atoms with Gasteiger partial charge in [0, 0.05) is 11.6 Å². The summed E-state index contributed by atoms with van der Waals surface area (Å²) >= 11 is 0. The van der Waals surface area contributed by atoms with E-state index in [1.54, 1.807) is 6.92 Å². The van der Waals surface area contributed by atoms with Gasteiger partial charge in [0.1, 0.15) is 0 Å². The Balaban J connectivity index is 2.74. The van der Waals surface area contributed by atoms with Crippen molar-refractivity contribution in [1.82, 2.24) is 5.32 Å². The molecule has 4 nitrogen and oxygen atoms in total. The third-order valence-electron chi connectivity index (χ3n) is 2.43. The number of amides is 1. The Hall–Kier alpha value is -1.98. The van der Waals surface area contributed by atoms with Crippen molar-refractivity contribution < 1.29 is 23.5 Å². The van der Waals surface area contributed by atoms with Crippen molar-refractivity contribution in [3.63, 3.8) is 0 Å². The summed E-state index contributed by atoms with van der Waals surface area (Å²) in [5.74, 6) is -3.81. The zero-order valence-corrected chi connectivity index (χ0v) is 9.74. The van der Waals surface area contributed by atoms with Gasteiger partial charge in [-0.15, -0.1) is 0 Å². The molecule has 1 unspecified atom stereocenters. The number of carboxylic acids is 1. The molecule has 1 atom stereocenters. The molecule has 6 heteroatoms. The Morgan fingerprint density at radius 3 is 2.50 bits per heavy atom. The summed E-state index contributed by atoms with van der Waals surface area (Å²) in [5, 5.41) is 11.1. The highest BCUT2D eigenvalue weighted by atomic mass is 19.2. The third kappa shape index (κ3) is 3.80. The Morgan fingerprint density at radius 2 is 2.00 bits per heavy atom. The molecule has 0 heterocycles. The van der Waals surface area contributed by atoms with Gasteiger partial charge >= 0.3 is 5.97 Å². The van der Waals surface area contributed by atoms with E-state index in [1.807, 2.05) is 0 Å². The molecule has 0 aliphatic rings. The van der Waals surface area contributed by atoms with Gasteiger partial charge in [0.25, 0.3) is 5.91 Å². The maximum Gasteiger partial charge on any atom is 0.305 e. The fraction of sp³-hybridized carbons (Fsp3) is 0.333. The van der Waals surface area contributed by atoms with E-state index in [1.165, 1.54) is 0 Å². The second-order valence-corrected chi connectivity index (χ2v) is 3.81. The van der Waals surface area contributed by atoms with Gasteiger partial charge in [-0.25, -0.2) is 8.78 Å². The minimum atomic E-state index is -1.12. The van der Waals surface area contributed by atoms with Gasteiger partial charge in [0.2, 0.25) is 0 Å². The first-order valence-electron chi connectivity index (χ1n) is 5.41. The number of hydrogen-bond donors (Lipinski definition) is 2. The molecule has 0 aliphatic heterocycles. The van der Waals surface area contributed by atoms with E-state index in [2.05, 4.69) is 5.32 Å². The lowest BCUT2D eigenvalue weighted by Crippen LogP contribution is -2.36. The Morgan fingerprint density at radius 1 is 1.33 bits per heavy atom. The molecule has 0 radical (unpaired) electrons. The molecule has 0 saturated heterocycles. The predicted octanol–water partition coefficient (Wildman–Crippen LogP) is 1.95. The first kappa shape index (κ1) is 14.1. The van der Waals surface area contributed by atoms with Crippen molar-refractivity contribution in [3.05, 3.63) is 35.4 Å². The first-order valence-corrected chi connectivity index (χ1v) is 5.41. The van der Waals surface area contributed by atoms with Crippen molar-refractivity contribution in [2.75, 3.05) is 0 Å². The lowest BCUT2D eigenvalue weighted by Gasteiger charge is -2.14. The van der Waals surface area contributed by atoms with Gasteiger partial charge < -0.3 is 10.4 Å². The van der Waals surface area contributed by atoms with Crippen LogP contribution in [0.2, 0.25) is 0 Å². The van der Waals surface area contributed by atoms with Crippen LogP contribution in [-0.4, -0.2) is 23.0 Å². The number of aliphatic carboxylic acids is 1. The number of rotatable bonds is 5. The van der Waals surface area contributed by atoms with Crippen LogP contribution >= 0.6 is 0 Å². The summed E-state index contributed by atoms with van der Waals surface area (Å²) in [4.78, 5) is 22.2. The number of carboxylic acid groups (broad SMARTS) is 1. The third-order valence-corrected chi connectivity index (χ3v) is 2.43. The Kier molecular flexibility index (Phi) is 4.76. The summed E-state index contributed by atoms with van der Waals surface area (Å²) in [6.07, 6.45) is 0.216. The number of nitrogens with one attached hydrogen (secondary N) is 1. The van der Waals surface area contributed by atoms with Gasteiger partial charge in [0.15, 0.2) is 11.6 Å². The molecule has 0 bridgehead atoms. The molecule has 1 rings (SSSR count).